The SMILES string of the molecule is CCCCCc1ccc(CCCCc2ccc(C#Cc3c(C)cc(-c4ccc(C)cc4)cc3F)cc2)cc1. The quantitative estimate of drug-likeness (QED) is 0.149. The van der Waals surface area contributed by atoms with E-state index in [1.807, 2.05) is 49.4 Å². The number of hydrogen-bond acceptors (Lipinski definition) is 0. The van der Waals surface area contributed by atoms with Crippen LogP contribution in [0.3, 0.4) is 0 Å². The molecule has 4 aromatic carbocycles. The summed E-state index contributed by atoms with van der Waals surface area (Å²) in [5, 5.41) is 0. The number of benzene rings is 4. The highest BCUT2D eigenvalue weighted by Crippen LogP contribution is 2.25. The fourth-order valence-electron chi connectivity index (χ4n) is 4.81. The molecule has 0 spiro atoms. The molecule has 4 aromatic rings. The van der Waals surface area contributed by atoms with Crippen LogP contribution in [0.15, 0.2) is 84.9 Å². The predicted molar refractivity (Wildman–Crippen MR) is 160 cm³/mol. The van der Waals surface area contributed by atoms with Crippen LogP contribution < -0.4 is 0 Å². The van der Waals surface area contributed by atoms with Gasteiger partial charge in [0.1, 0.15) is 5.82 Å². The lowest BCUT2D eigenvalue weighted by atomic mass is 9.98. The predicted octanol–water partition coefficient (Wildman–Crippen LogP) is 9.81. The van der Waals surface area contributed by atoms with Gasteiger partial charge in [-0.25, -0.2) is 4.39 Å². The molecule has 194 valence electrons. The fourth-order valence-corrected chi connectivity index (χ4v) is 4.81. The molecule has 0 bridgehead atoms. The third-order valence-corrected chi connectivity index (χ3v) is 7.23. The van der Waals surface area contributed by atoms with Crippen molar-refractivity contribution in [3.05, 3.63) is 130 Å². The van der Waals surface area contributed by atoms with Crippen molar-refractivity contribution < 1.29 is 4.39 Å². The second-order valence-corrected chi connectivity index (χ2v) is 10.4. The van der Waals surface area contributed by atoms with Crippen molar-refractivity contribution in [1.29, 1.82) is 0 Å². The van der Waals surface area contributed by atoms with Gasteiger partial charge in [-0.05, 0) is 110 Å². The van der Waals surface area contributed by atoms with Gasteiger partial charge < -0.3 is 0 Å². The molecule has 0 atom stereocenters. The van der Waals surface area contributed by atoms with E-state index < -0.39 is 0 Å². The summed E-state index contributed by atoms with van der Waals surface area (Å²) in [5.74, 6) is 5.96. The number of rotatable bonds is 10. The van der Waals surface area contributed by atoms with Crippen LogP contribution in [0.25, 0.3) is 11.1 Å². The van der Waals surface area contributed by atoms with E-state index in [9.17, 15) is 4.39 Å². The first-order valence-corrected chi connectivity index (χ1v) is 14.1. The van der Waals surface area contributed by atoms with Gasteiger partial charge in [0.15, 0.2) is 0 Å². The summed E-state index contributed by atoms with van der Waals surface area (Å²) >= 11 is 0. The van der Waals surface area contributed by atoms with Gasteiger partial charge in [-0.1, -0.05) is 97.8 Å². The summed E-state index contributed by atoms with van der Waals surface area (Å²) in [6, 6.07) is 29.4. The summed E-state index contributed by atoms with van der Waals surface area (Å²) in [7, 11) is 0. The highest BCUT2D eigenvalue weighted by molar-refractivity contribution is 5.66. The van der Waals surface area contributed by atoms with Gasteiger partial charge in [0.2, 0.25) is 0 Å². The van der Waals surface area contributed by atoms with Crippen molar-refractivity contribution >= 4 is 0 Å². The van der Waals surface area contributed by atoms with Gasteiger partial charge in [0.25, 0.3) is 0 Å². The number of halogens is 1. The molecule has 0 amide bonds. The molecule has 0 N–H and O–H groups in total. The molecule has 0 saturated carbocycles. The minimum Gasteiger partial charge on any atom is -0.206 e. The first-order valence-electron chi connectivity index (χ1n) is 14.1. The van der Waals surface area contributed by atoms with E-state index in [0.29, 0.717) is 5.56 Å². The van der Waals surface area contributed by atoms with Crippen molar-refractivity contribution in [3.63, 3.8) is 0 Å². The van der Waals surface area contributed by atoms with E-state index in [2.05, 4.69) is 62.1 Å². The smallest absolute Gasteiger partial charge is 0.139 e. The van der Waals surface area contributed by atoms with Crippen molar-refractivity contribution in [2.45, 2.75) is 72.1 Å². The van der Waals surface area contributed by atoms with Crippen LogP contribution >= 0.6 is 0 Å². The summed E-state index contributed by atoms with van der Waals surface area (Å²) in [6.07, 6.45) is 9.63. The standard InChI is InChI=1S/C37H39F/c1-4-5-6-9-30-14-16-31(17-15-30)10-7-8-11-32-18-20-33(21-19-32)22-25-36-29(3)26-35(27-37(36)38)34-23-12-28(2)13-24-34/h12-21,23-24,26-27H,4-11H2,1-3H3. The molecule has 0 unspecified atom stereocenters. The number of aryl methyl sites for hydroxylation is 5. The Balaban J connectivity index is 1.28. The van der Waals surface area contributed by atoms with Gasteiger partial charge in [0, 0.05) is 5.56 Å². The third kappa shape index (κ3) is 7.93. The van der Waals surface area contributed by atoms with E-state index >= 15 is 0 Å². The van der Waals surface area contributed by atoms with E-state index in [4.69, 9.17) is 0 Å². The van der Waals surface area contributed by atoms with Crippen molar-refractivity contribution in [2.75, 3.05) is 0 Å². The Morgan fingerprint density at radius 3 is 1.63 bits per heavy atom. The van der Waals surface area contributed by atoms with E-state index in [-0.39, 0.29) is 5.82 Å². The van der Waals surface area contributed by atoms with Crippen molar-refractivity contribution in [2.24, 2.45) is 0 Å². The summed E-state index contributed by atoms with van der Waals surface area (Å²) in [5.41, 5.74) is 9.55. The van der Waals surface area contributed by atoms with Gasteiger partial charge in [-0.15, -0.1) is 0 Å². The lowest BCUT2D eigenvalue weighted by Crippen LogP contribution is -1.92. The third-order valence-electron chi connectivity index (χ3n) is 7.23. The average Bonchev–Trinajstić information content (AvgIpc) is 2.92. The van der Waals surface area contributed by atoms with E-state index in [1.54, 1.807) is 6.07 Å². The highest BCUT2D eigenvalue weighted by atomic mass is 19.1. The maximum atomic E-state index is 14.9. The molecule has 0 fully saturated rings. The van der Waals surface area contributed by atoms with Crippen LogP contribution in [0.2, 0.25) is 0 Å². The molecule has 0 nitrogen and oxygen atoms in total. The summed E-state index contributed by atoms with van der Waals surface area (Å²) < 4.78 is 14.9. The Bertz CT molecular complexity index is 1340. The largest absolute Gasteiger partial charge is 0.206 e. The number of unbranched alkanes of at least 4 members (excludes halogenated alkanes) is 3. The molecule has 0 aromatic heterocycles. The summed E-state index contributed by atoms with van der Waals surface area (Å²) in [6.45, 7) is 6.23. The monoisotopic (exact) mass is 502 g/mol. The molecular weight excluding hydrogens is 463 g/mol. The molecule has 1 heteroatoms. The second kappa shape index (κ2) is 13.8. The molecule has 0 aliphatic rings. The van der Waals surface area contributed by atoms with Crippen LogP contribution in [0.1, 0.15) is 78.0 Å². The first kappa shape index (κ1) is 27.4. The van der Waals surface area contributed by atoms with Crippen LogP contribution in [0, 0.1) is 31.5 Å². The minimum absolute atomic E-state index is 0.268. The Labute approximate surface area is 229 Å². The van der Waals surface area contributed by atoms with Crippen molar-refractivity contribution in [3.8, 4) is 23.0 Å². The zero-order valence-corrected chi connectivity index (χ0v) is 23.1. The number of hydrogen-bond donors (Lipinski definition) is 0. The molecular formula is C37H39F. The Morgan fingerprint density at radius 2 is 1.11 bits per heavy atom. The van der Waals surface area contributed by atoms with Crippen LogP contribution in [-0.2, 0) is 19.3 Å². The van der Waals surface area contributed by atoms with Crippen LogP contribution in [-0.4, -0.2) is 0 Å². The average molecular weight is 503 g/mol. The second-order valence-electron chi connectivity index (χ2n) is 10.4. The van der Waals surface area contributed by atoms with Gasteiger partial charge >= 0.3 is 0 Å². The van der Waals surface area contributed by atoms with Crippen LogP contribution in [0.5, 0.6) is 0 Å². The Morgan fingerprint density at radius 1 is 0.579 bits per heavy atom. The maximum absolute atomic E-state index is 14.9. The molecule has 0 aliphatic carbocycles. The Kier molecular flexibility index (Phi) is 9.94. The normalized spacial score (nSPS) is 10.7. The van der Waals surface area contributed by atoms with Gasteiger partial charge in [-0.2, -0.15) is 0 Å². The topological polar surface area (TPSA) is 0 Å². The molecule has 0 aliphatic heterocycles. The lowest BCUT2D eigenvalue weighted by Gasteiger charge is -2.07. The van der Waals surface area contributed by atoms with Gasteiger partial charge in [-0.3, -0.25) is 0 Å². The fraction of sp³-hybridized carbons (Fsp3) is 0.297. The first-order chi connectivity index (χ1) is 18.5. The van der Waals surface area contributed by atoms with E-state index in [0.717, 1.165) is 35.1 Å². The zero-order valence-electron chi connectivity index (χ0n) is 23.1. The highest BCUT2D eigenvalue weighted by Gasteiger charge is 2.08. The molecule has 0 saturated heterocycles. The molecule has 0 radical (unpaired) electrons. The summed E-state index contributed by atoms with van der Waals surface area (Å²) in [4.78, 5) is 0. The maximum Gasteiger partial charge on any atom is 0.139 e. The molecule has 4 rings (SSSR count). The van der Waals surface area contributed by atoms with E-state index in [1.165, 1.54) is 60.8 Å². The Hall–Kier alpha value is -3.63. The van der Waals surface area contributed by atoms with Gasteiger partial charge in [0.05, 0.1) is 5.56 Å². The molecule has 0 heterocycles. The lowest BCUT2D eigenvalue weighted by molar-refractivity contribution is 0.623. The minimum atomic E-state index is -0.268. The van der Waals surface area contributed by atoms with Crippen molar-refractivity contribution in [1.82, 2.24) is 0 Å². The van der Waals surface area contributed by atoms with Crippen LogP contribution in [0.4, 0.5) is 4.39 Å². The zero-order chi connectivity index (χ0) is 26.7. The molecule has 38 heavy (non-hydrogen) atoms.